The van der Waals surface area contributed by atoms with Crippen molar-refractivity contribution in [1.29, 1.82) is 0 Å². The number of carbonyl (C=O) groups excluding carboxylic acids is 1. The molecule has 1 N–H and O–H groups in total. The Morgan fingerprint density at radius 3 is 2.50 bits per heavy atom. The second-order valence-electron chi connectivity index (χ2n) is 7.53. The molecule has 3 rings (SSSR count). The van der Waals surface area contributed by atoms with Crippen molar-refractivity contribution in [3.05, 3.63) is 34.9 Å². The molecule has 2 unspecified atom stereocenters. The number of hydrogen-bond donors (Lipinski definition) is 1. The second-order valence-corrected chi connectivity index (χ2v) is 7.94. The Morgan fingerprint density at radius 1 is 1.29 bits per heavy atom. The third-order valence-corrected chi connectivity index (χ3v) is 6.05. The summed E-state index contributed by atoms with van der Waals surface area (Å²) in [6, 6.07) is 7.94. The summed E-state index contributed by atoms with van der Waals surface area (Å²) in [5.41, 5.74) is 1.33. The van der Waals surface area contributed by atoms with Gasteiger partial charge in [0.15, 0.2) is 0 Å². The molecular weight excluding hydrogens is 343 g/mol. The number of benzene rings is 1. The molecule has 1 saturated heterocycles. The lowest BCUT2D eigenvalue weighted by atomic mass is 9.90. The minimum absolute atomic E-state index is 0. The fraction of sp³-hybridized carbons (Fsp3) is 0.632. The molecule has 2 aliphatic rings. The molecule has 24 heavy (non-hydrogen) atoms. The predicted octanol–water partition coefficient (Wildman–Crippen LogP) is 4.31. The van der Waals surface area contributed by atoms with Crippen LogP contribution < -0.4 is 5.32 Å². The summed E-state index contributed by atoms with van der Waals surface area (Å²) in [6.45, 7) is 6.41. The van der Waals surface area contributed by atoms with E-state index in [4.69, 9.17) is 11.6 Å². The summed E-state index contributed by atoms with van der Waals surface area (Å²) in [6.07, 6.45) is 3.33. The number of carbonyl (C=O) groups is 1. The van der Waals surface area contributed by atoms with E-state index < -0.39 is 0 Å². The Morgan fingerprint density at radius 2 is 1.92 bits per heavy atom. The third-order valence-electron chi connectivity index (χ3n) is 5.71. The quantitative estimate of drug-likeness (QED) is 0.856. The highest BCUT2D eigenvalue weighted by atomic mass is 35.5. The lowest BCUT2D eigenvalue weighted by molar-refractivity contribution is -0.135. The summed E-state index contributed by atoms with van der Waals surface area (Å²) < 4.78 is 0. The zero-order valence-electron chi connectivity index (χ0n) is 14.7. The van der Waals surface area contributed by atoms with Gasteiger partial charge < -0.3 is 10.2 Å². The van der Waals surface area contributed by atoms with E-state index in [2.05, 4.69) is 19.2 Å². The van der Waals surface area contributed by atoms with E-state index in [0.29, 0.717) is 11.8 Å². The van der Waals surface area contributed by atoms with Crippen LogP contribution in [0.25, 0.3) is 0 Å². The average Bonchev–Trinajstić information content (AvgIpc) is 3.22. The number of nitrogens with zero attached hydrogens (tertiary/aromatic N) is 1. The van der Waals surface area contributed by atoms with Crippen molar-refractivity contribution >= 4 is 29.9 Å². The molecule has 1 amide bonds. The van der Waals surface area contributed by atoms with Crippen LogP contribution >= 0.6 is 24.0 Å². The van der Waals surface area contributed by atoms with E-state index in [1.54, 1.807) is 0 Å². The molecule has 2 atom stereocenters. The van der Waals surface area contributed by atoms with E-state index in [9.17, 15) is 4.79 Å². The topological polar surface area (TPSA) is 32.3 Å². The number of halogens is 2. The van der Waals surface area contributed by atoms with Crippen molar-refractivity contribution in [2.75, 3.05) is 20.1 Å². The molecule has 2 fully saturated rings. The zero-order valence-corrected chi connectivity index (χ0v) is 16.3. The molecule has 1 spiro atoms. The van der Waals surface area contributed by atoms with Gasteiger partial charge in [0.05, 0.1) is 6.04 Å². The van der Waals surface area contributed by atoms with Gasteiger partial charge in [0.2, 0.25) is 5.91 Å². The van der Waals surface area contributed by atoms with Crippen LogP contribution in [0.4, 0.5) is 0 Å². The molecule has 5 heteroatoms. The van der Waals surface area contributed by atoms with Gasteiger partial charge >= 0.3 is 0 Å². The van der Waals surface area contributed by atoms with Crippen LogP contribution in [-0.4, -0.2) is 30.9 Å². The van der Waals surface area contributed by atoms with Crippen LogP contribution in [0, 0.1) is 17.3 Å². The van der Waals surface area contributed by atoms with Crippen molar-refractivity contribution in [2.45, 2.75) is 39.2 Å². The molecule has 0 bridgehead atoms. The molecule has 1 aromatic rings. The Bertz CT molecular complexity index is 584. The van der Waals surface area contributed by atoms with E-state index >= 15 is 0 Å². The summed E-state index contributed by atoms with van der Waals surface area (Å²) in [5, 5.41) is 4.15. The maximum atomic E-state index is 13.1. The van der Waals surface area contributed by atoms with Crippen molar-refractivity contribution in [1.82, 2.24) is 10.2 Å². The average molecular weight is 371 g/mol. The highest BCUT2D eigenvalue weighted by Gasteiger charge is 2.58. The summed E-state index contributed by atoms with van der Waals surface area (Å²) in [5.74, 6) is 0.829. The van der Waals surface area contributed by atoms with Gasteiger partial charge in [0.25, 0.3) is 0 Å². The Balaban J connectivity index is 0.00000208. The van der Waals surface area contributed by atoms with E-state index in [0.717, 1.165) is 42.9 Å². The van der Waals surface area contributed by atoms with Crippen LogP contribution in [0.2, 0.25) is 5.02 Å². The third kappa shape index (κ3) is 3.58. The van der Waals surface area contributed by atoms with Gasteiger partial charge in [-0.25, -0.2) is 0 Å². The molecular formula is C19H28Cl2N2O. The van der Waals surface area contributed by atoms with Gasteiger partial charge in [-0.05, 0) is 55.3 Å². The SMILES string of the molecule is CC(C)C(c1ccccc1Cl)N(C)C(=O)C1CC12CCNCC2.Cl. The predicted molar refractivity (Wildman–Crippen MR) is 102 cm³/mol. The molecule has 1 aliphatic heterocycles. The van der Waals surface area contributed by atoms with Gasteiger partial charge in [-0.3, -0.25) is 4.79 Å². The Labute approximate surface area is 156 Å². The van der Waals surface area contributed by atoms with Gasteiger partial charge in [-0.15, -0.1) is 12.4 Å². The van der Waals surface area contributed by atoms with Crippen molar-refractivity contribution in [3.63, 3.8) is 0 Å². The zero-order chi connectivity index (χ0) is 16.6. The molecule has 1 saturated carbocycles. The first kappa shape index (κ1) is 19.6. The van der Waals surface area contributed by atoms with Gasteiger partial charge in [0, 0.05) is 18.0 Å². The molecule has 1 heterocycles. The van der Waals surface area contributed by atoms with E-state index in [1.807, 2.05) is 36.2 Å². The molecule has 134 valence electrons. The van der Waals surface area contributed by atoms with Gasteiger partial charge in [-0.2, -0.15) is 0 Å². The van der Waals surface area contributed by atoms with Crippen LogP contribution in [0.5, 0.6) is 0 Å². The second kappa shape index (κ2) is 7.63. The fourth-order valence-electron chi connectivity index (χ4n) is 4.29. The number of piperidine rings is 1. The minimum Gasteiger partial charge on any atom is -0.338 e. The first-order valence-corrected chi connectivity index (χ1v) is 9.06. The smallest absolute Gasteiger partial charge is 0.226 e. The van der Waals surface area contributed by atoms with Crippen LogP contribution in [0.1, 0.15) is 44.7 Å². The minimum atomic E-state index is 0. The lowest BCUT2D eigenvalue weighted by Gasteiger charge is -2.33. The van der Waals surface area contributed by atoms with E-state index in [1.165, 1.54) is 0 Å². The number of nitrogens with one attached hydrogen (secondary N) is 1. The summed E-state index contributed by atoms with van der Waals surface area (Å²) in [4.78, 5) is 15.0. The Kier molecular flexibility index (Phi) is 6.22. The molecule has 1 aromatic carbocycles. The Hall–Kier alpha value is -0.770. The number of hydrogen-bond acceptors (Lipinski definition) is 2. The van der Waals surface area contributed by atoms with Gasteiger partial charge in [0.1, 0.15) is 0 Å². The maximum absolute atomic E-state index is 13.1. The highest BCUT2D eigenvalue weighted by Crippen LogP contribution is 2.59. The van der Waals surface area contributed by atoms with Crippen LogP contribution in [-0.2, 0) is 4.79 Å². The van der Waals surface area contributed by atoms with Crippen LogP contribution in [0.3, 0.4) is 0 Å². The fourth-order valence-corrected chi connectivity index (χ4v) is 4.53. The number of rotatable bonds is 4. The first-order chi connectivity index (χ1) is 11.0. The lowest BCUT2D eigenvalue weighted by Crippen LogP contribution is -2.38. The highest BCUT2D eigenvalue weighted by molar-refractivity contribution is 6.31. The maximum Gasteiger partial charge on any atom is 0.226 e. The summed E-state index contributed by atoms with van der Waals surface area (Å²) in [7, 11) is 1.95. The van der Waals surface area contributed by atoms with Crippen molar-refractivity contribution in [2.24, 2.45) is 17.3 Å². The summed E-state index contributed by atoms with van der Waals surface area (Å²) >= 11 is 6.40. The van der Waals surface area contributed by atoms with Gasteiger partial charge in [-0.1, -0.05) is 43.6 Å². The molecule has 0 radical (unpaired) electrons. The monoisotopic (exact) mass is 370 g/mol. The van der Waals surface area contributed by atoms with Crippen molar-refractivity contribution in [3.8, 4) is 0 Å². The standard InChI is InChI=1S/C19H27ClN2O.ClH/c1-13(2)17(14-6-4-5-7-16(14)20)22(3)18(23)15-12-19(15)8-10-21-11-9-19;/h4-7,13,15,17,21H,8-12H2,1-3H3;1H. The van der Waals surface area contributed by atoms with Crippen LogP contribution in [0.15, 0.2) is 24.3 Å². The van der Waals surface area contributed by atoms with Crippen molar-refractivity contribution < 1.29 is 4.79 Å². The first-order valence-electron chi connectivity index (χ1n) is 8.68. The molecule has 3 nitrogen and oxygen atoms in total. The van der Waals surface area contributed by atoms with E-state index in [-0.39, 0.29) is 29.8 Å². The molecule has 1 aliphatic carbocycles. The normalized spacial score (nSPS) is 22.8. The molecule has 0 aromatic heterocycles. The number of amides is 1. The largest absolute Gasteiger partial charge is 0.338 e.